The van der Waals surface area contributed by atoms with Gasteiger partial charge >= 0.3 is 0 Å². The summed E-state index contributed by atoms with van der Waals surface area (Å²) in [6.45, 7) is 2.03. The highest BCUT2D eigenvalue weighted by Crippen LogP contribution is 2.47. The van der Waals surface area contributed by atoms with Gasteiger partial charge < -0.3 is 5.32 Å². The van der Waals surface area contributed by atoms with Crippen LogP contribution >= 0.6 is 0 Å². The molecular weight excluding hydrogens is 310 g/mol. The van der Waals surface area contributed by atoms with Gasteiger partial charge in [-0.2, -0.15) is 10.2 Å². The Hall–Kier alpha value is -3.01. The van der Waals surface area contributed by atoms with Gasteiger partial charge in [-0.25, -0.2) is 0 Å². The Bertz CT molecular complexity index is 894. The van der Waals surface area contributed by atoms with E-state index in [0.717, 1.165) is 28.9 Å². The largest absolute Gasteiger partial charge is 0.326 e. The van der Waals surface area contributed by atoms with Gasteiger partial charge in [0.25, 0.3) is 0 Å². The first-order chi connectivity index (χ1) is 12.2. The summed E-state index contributed by atoms with van der Waals surface area (Å²) >= 11 is 0. The van der Waals surface area contributed by atoms with E-state index < -0.39 is 0 Å². The minimum absolute atomic E-state index is 0.0590. The predicted molar refractivity (Wildman–Crippen MR) is 98.1 cm³/mol. The summed E-state index contributed by atoms with van der Waals surface area (Å²) in [5, 5.41) is 11.2. The molecule has 0 saturated heterocycles. The van der Waals surface area contributed by atoms with Crippen LogP contribution in [0.2, 0.25) is 0 Å². The Kier molecular flexibility index (Phi) is 4.02. The number of carbonyl (C=O) groups is 1. The molecule has 1 aliphatic carbocycles. The van der Waals surface area contributed by atoms with E-state index in [9.17, 15) is 4.79 Å². The lowest BCUT2D eigenvalue weighted by molar-refractivity contribution is -0.117. The number of amides is 1. The number of aromatic nitrogens is 2. The fraction of sp³-hybridized carbons (Fsp3) is 0.190. The molecule has 4 rings (SSSR count). The lowest BCUT2D eigenvalue weighted by Crippen LogP contribution is -2.14. The van der Waals surface area contributed by atoms with Crippen LogP contribution in [0.4, 0.5) is 5.69 Å². The molecule has 124 valence electrons. The molecule has 2 atom stereocenters. The minimum Gasteiger partial charge on any atom is -0.326 e. The second-order valence-electron chi connectivity index (χ2n) is 6.49. The van der Waals surface area contributed by atoms with E-state index in [1.54, 1.807) is 6.20 Å². The average molecular weight is 329 g/mol. The van der Waals surface area contributed by atoms with Gasteiger partial charge in [-0.1, -0.05) is 36.4 Å². The summed E-state index contributed by atoms with van der Waals surface area (Å²) < 4.78 is 0. The van der Waals surface area contributed by atoms with Gasteiger partial charge in [0.1, 0.15) is 0 Å². The van der Waals surface area contributed by atoms with Gasteiger partial charge in [0, 0.05) is 23.4 Å². The molecule has 0 bridgehead atoms. The highest BCUT2D eigenvalue weighted by molar-refractivity contribution is 5.95. The summed E-state index contributed by atoms with van der Waals surface area (Å²) in [6.07, 6.45) is 2.57. The Balaban J connectivity index is 1.49. The second kappa shape index (κ2) is 6.48. The number of hydrogen-bond acceptors (Lipinski definition) is 3. The molecule has 1 heterocycles. The van der Waals surface area contributed by atoms with E-state index in [1.165, 1.54) is 5.56 Å². The molecule has 25 heavy (non-hydrogen) atoms. The van der Waals surface area contributed by atoms with Crippen molar-refractivity contribution in [2.75, 3.05) is 5.32 Å². The summed E-state index contributed by atoms with van der Waals surface area (Å²) in [7, 11) is 0. The fourth-order valence-electron chi connectivity index (χ4n) is 3.21. The van der Waals surface area contributed by atoms with E-state index >= 15 is 0 Å². The topological polar surface area (TPSA) is 54.9 Å². The predicted octanol–water partition coefficient (Wildman–Crippen LogP) is 4.19. The molecular formula is C21H19N3O. The third-order valence-electron chi connectivity index (χ3n) is 4.71. The minimum atomic E-state index is 0.0590. The van der Waals surface area contributed by atoms with Gasteiger partial charge in [0.15, 0.2) is 0 Å². The zero-order chi connectivity index (χ0) is 17.2. The molecule has 4 nitrogen and oxygen atoms in total. The van der Waals surface area contributed by atoms with E-state index in [2.05, 4.69) is 27.6 Å². The SMILES string of the molecule is Cc1ccc(NC(=O)[C@H]2C[C@H]2c2ccccc2)cc1-c1cccnn1. The van der Waals surface area contributed by atoms with Gasteiger partial charge in [-0.15, -0.1) is 0 Å². The zero-order valence-corrected chi connectivity index (χ0v) is 14.0. The highest BCUT2D eigenvalue weighted by atomic mass is 16.2. The molecule has 1 amide bonds. The maximum atomic E-state index is 12.6. The molecule has 0 unspecified atom stereocenters. The number of carbonyl (C=O) groups excluding carboxylic acids is 1. The van der Waals surface area contributed by atoms with Crippen molar-refractivity contribution >= 4 is 11.6 Å². The quantitative estimate of drug-likeness (QED) is 0.780. The average Bonchev–Trinajstić information content (AvgIpc) is 3.46. The monoisotopic (exact) mass is 329 g/mol. The van der Waals surface area contributed by atoms with Gasteiger partial charge in [-0.3, -0.25) is 4.79 Å². The van der Waals surface area contributed by atoms with E-state index in [-0.39, 0.29) is 11.8 Å². The maximum absolute atomic E-state index is 12.6. The normalized spacial score (nSPS) is 18.6. The molecule has 1 aromatic heterocycles. The van der Waals surface area contributed by atoms with Crippen LogP contribution in [-0.4, -0.2) is 16.1 Å². The molecule has 0 spiro atoms. The van der Waals surface area contributed by atoms with Gasteiger partial charge in [0.05, 0.1) is 5.69 Å². The Morgan fingerprint density at radius 3 is 2.68 bits per heavy atom. The van der Waals surface area contributed by atoms with Crippen molar-refractivity contribution < 1.29 is 4.79 Å². The van der Waals surface area contributed by atoms with Crippen molar-refractivity contribution in [2.24, 2.45) is 5.92 Å². The second-order valence-corrected chi connectivity index (χ2v) is 6.49. The first-order valence-corrected chi connectivity index (χ1v) is 8.47. The Labute approximate surface area is 146 Å². The van der Waals surface area contributed by atoms with Gasteiger partial charge in [-0.05, 0) is 54.7 Å². The van der Waals surface area contributed by atoms with E-state index in [1.807, 2.05) is 55.5 Å². The molecule has 1 aliphatic rings. The van der Waals surface area contributed by atoms with Crippen LogP contribution in [0.15, 0.2) is 66.9 Å². The molecule has 2 aromatic carbocycles. The molecule has 1 N–H and O–H groups in total. The number of nitrogens with one attached hydrogen (secondary N) is 1. The van der Waals surface area contributed by atoms with E-state index in [4.69, 9.17) is 0 Å². The third-order valence-corrected chi connectivity index (χ3v) is 4.71. The Morgan fingerprint density at radius 2 is 1.92 bits per heavy atom. The van der Waals surface area contributed by atoms with Crippen LogP contribution in [0.1, 0.15) is 23.5 Å². The smallest absolute Gasteiger partial charge is 0.228 e. The van der Waals surface area contributed by atoms with Crippen LogP contribution in [0.5, 0.6) is 0 Å². The van der Waals surface area contributed by atoms with Crippen LogP contribution in [-0.2, 0) is 4.79 Å². The summed E-state index contributed by atoms with van der Waals surface area (Å²) in [5.41, 5.74) is 4.94. The van der Waals surface area contributed by atoms with Crippen LogP contribution < -0.4 is 5.32 Å². The fourth-order valence-corrected chi connectivity index (χ4v) is 3.21. The number of anilines is 1. The molecule has 1 saturated carbocycles. The standard InChI is InChI=1S/C21H19N3O/c1-14-9-10-16(12-17(14)20-8-5-11-22-24-20)23-21(25)19-13-18(19)15-6-3-2-4-7-15/h2-12,18-19H,13H2,1H3,(H,23,25)/t18-,19-/m0/s1. The van der Waals surface area contributed by atoms with Crippen molar-refractivity contribution in [1.82, 2.24) is 10.2 Å². The van der Waals surface area contributed by atoms with Crippen LogP contribution in [0, 0.1) is 12.8 Å². The number of nitrogens with zero attached hydrogens (tertiary/aromatic N) is 2. The first-order valence-electron chi connectivity index (χ1n) is 8.47. The van der Waals surface area contributed by atoms with Crippen molar-refractivity contribution in [3.05, 3.63) is 78.0 Å². The van der Waals surface area contributed by atoms with Crippen molar-refractivity contribution in [1.29, 1.82) is 0 Å². The highest BCUT2D eigenvalue weighted by Gasteiger charge is 2.43. The van der Waals surface area contributed by atoms with E-state index in [0.29, 0.717) is 5.92 Å². The number of hydrogen-bond donors (Lipinski definition) is 1. The third kappa shape index (κ3) is 3.29. The van der Waals surface area contributed by atoms with Crippen molar-refractivity contribution in [2.45, 2.75) is 19.3 Å². The lowest BCUT2D eigenvalue weighted by atomic mass is 10.0. The summed E-state index contributed by atoms with van der Waals surface area (Å²) in [5.74, 6) is 0.484. The molecule has 4 heteroatoms. The number of benzene rings is 2. The van der Waals surface area contributed by atoms with Crippen LogP contribution in [0.3, 0.4) is 0 Å². The maximum Gasteiger partial charge on any atom is 0.228 e. The van der Waals surface area contributed by atoms with Crippen molar-refractivity contribution in [3.8, 4) is 11.3 Å². The number of aryl methyl sites for hydroxylation is 1. The Morgan fingerprint density at radius 1 is 1.08 bits per heavy atom. The molecule has 0 aliphatic heterocycles. The van der Waals surface area contributed by atoms with Crippen molar-refractivity contribution in [3.63, 3.8) is 0 Å². The van der Waals surface area contributed by atoms with Crippen LogP contribution in [0.25, 0.3) is 11.3 Å². The number of rotatable bonds is 4. The first kappa shape index (κ1) is 15.5. The molecule has 0 radical (unpaired) electrons. The zero-order valence-electron chi connectivity index (χ0n) is 14.0. The molecule has 1 fully saturated rings. The molecule has 3 aromatic rings. The van der Waals surface area contributed by atoms with Gasteiger partial charge in [0.2, 0.25) is 5.91 Å². The summed E-state index contributed by atoms with van der Waals surface area (Å²) in [4.78, 5) is 12.6. The summed E-state index contributed by atoms with van der Waals surface area (Å²) in [6, 6.07) is 19.9. The lowest BCUT2D eigenvalue weighted by Gasteiger charge is -2.10.